The van der Waals surface area contributed by atoms with Crippen LogP contribution in [-0.2, 0) is 0 Å². The molecule has 2 N–H and O–H groups in total. The third-order valence-corrected chi connectivity index (χ3v) is 2.87. The first kappa shape index (κ1) is 10.3. The summed E-state index contributed by atoms with van der Waals surface area (Å²) in [6.07, 6.45) is 1.82. The van der Waals surface area contributed by atoms with E-state index in [4.69, 9.17) is 5.73 Å². The Labute approximate surface area is 95.2 Å². The molecule has 0 aliphatic carbocycles. The van der Waals surface area contributed by atoms with E-state index in [9.17, 15) is 4.79 Å². The zero-order valence-electron chi connectivity index (χ0n) is 8.20. The average Bonchev–Trinajstić information content (AvgIpc) is 2.53. The van der Waals surface area contributed by atoms with E-state index in [2.05, 4.69) is 20.9 Å². The number of ketones is 1. The van der Waals surface area contributed by atoms with Crippen LogP contribution in [0.2, 0.25) is 0 Å². The van der Waals surface area contributed by atoms with Crippen LogP contribution in [0.5, 0.6) is 0 Å². The summed E-state index contributed by atoms with van der Waals surface area (Å²) >= 11 is 3.35. The van der Waals surface area contributed by atoms with E-state index in [1.165, 1.54) is 0 Å². The van der Waals surface area contributed by atoms with Gasteiger partial charge in [0.1, 0.15) is 10.4 Å². The average molecular weight is 268 g/mol. The molecule has 2 rings (SSSR count). The number of nitrogens with zero attached hydrogens (tertiary/aromatic N) is 2. The minimum atomic E-state index is -0.0664. The number of rotatable bonds is 2. The molecule has 0 spiro atoms. The van der Waals surface area contributed by atoms with Crippen LogP contribution in [0.3, 0.4) is 0 Å². The van der Waals surface area contributed by atoms with Crippen molar-refractivity contribution in [2.24, 2.45) is 5.73 Å². The normalized spacial score (nSPS) is 10.9. The molecule has 0 bridgehead atoms. The van der Waals surface area contributed by atoms with Crippen LogP contribution in [0.1, 0.15) is 16.2 Å². The molecule has 4 nitrogen and oxygen atoms in total. The predicted octanol–water partition coefficient (Wildman–Crippen LogP) is 1.55. The van der Waals surface area contributed by atoms with Gasteiger partial charge in [-0.1, -0.05) is 0 Å². The number of carbonyl (C=O) groups is 1. The van der Waals surface area contributed by atoms with Crippen LogP contribution in [0.15, 0.2) is 22.9 Å². The molecular formula is C10H10BrN3O. The number of imidazole rings is 1. The largest absolute Gasteiger partial charge is 0.324 e. The van der Waals surface area contributed by atoms with Gasteiger partial charge in [0.15, 0.2) is 5.78 Å². The second-order valence-electron chi connectivity index (χ2n) is 3.25. The van der Waals surface area contributed by atoms with Crippen molar-refractivity contribution in [3.05, 3.63) is 34.3 Å². The van der Waals surface area contributed by atoms with Crippen LogP contribution < -0.4 is 5.73 Å². The van der Waals surface area contributed by atoms with Gasteiger partial charge in [-0.25, -0.2) is 4.98 Å². The first-order chi connectivity index (χ1) is 7.13. The third-order valence-electron chi connectivity index (χ3n) is 2.28. The number of Topliss-reactive ketones (excluding diaryl/α,β-unsaturated/α-hetero) is 1. The lowest BCUT2D eigenvalue weighted by Gasteiger charge is -2.00. The second-order valence-corrected chi connectivity index (χ2v) is 4.00. The SMILES string of the molecule is Cc1nc(Br)c2cc(C(=O)CN)ccn12. The Morgan fingerprint density at radius 3 is 3.07 bits per heavy atom. The fourth-order valence-corrected chi connectivity index (χ4v) is 2.05. The van der Waals surface area contributed by atoms with E-state index < -0.39 is 0 Å². The van der Waals surface area contributed by atoms with Gasteiger partial charge >= 0.3 is 0 Å². The highest BCUT2D eigenvalue weighted by Crippen LogP contribution is 2.19. The zero-order valence-corrected chi connectivity index (χ0v) is 9.78. The third kappa shape index (κ3) is 1.68. The van der Waals surface area contributed by atoms with Gasteiger partial charge in [0, 0.05) is 11.8 Å². The molecular weight excluding hydrogens is 258 g/mol. The van der Waals surface area contributed by atoms with E-state index in [1.54, 1.807) is 12.1 Å². The Morgan fingerprint density at radius 2 is 2.40 bits per heavy atom. The maximum atomic E-state index is 11.4. The van der Waals surface area contributed by atoms with Crippen molar-refractivity contribution in [2.75, 3.05) is 6.54 Å². The van der Waals surface area contributed by atoms with Gasteiger partial charge < -0.3 is 10.1 Å². The summed E-state index contributed by atoms with van der Waals surface area (Å²) in [5.74, 6) is 0.812. The molecule has 0 amide bonds. The fourth-order valence-electron chi connectivity index (χ4n) is 1.49. The number of hydrogen-bond acceptors (Lipinski definition) is 3. The van der Waals surface area contributed by atoms with Crippen LogP contribution in [-0.4, -0.2) is 21.7 Å². The van der Waals surface area contributed by atoms with Gasteiger partial charge in [-0.3, -0.25) is 4.79 Å². The number of carbonyl (C=O) groups excluding carboxylic acids is 1. The van der Waals surface area contributed by atoms with Crippen molar-refractivity contribution in [3.8, 4) is 0 Å². The molecule has 0 aliphatic rings. The molecule has 0 aromatic carbocycles. The van der Waals surface area contributed by atoms with Gasteiger partial charge in [-0.05, 0) is 35.0 Å². The molecule has 0 atom stereocenters. The van der Waals surface area contributed by atoms with Crippen LogP contribution in [0.4, 0.5) is 0 Å². The summed E-state index contributed by atoms with van der Waals surface area (Å²) < 4.78 is 2.66. The number of hydrogen-bond donors (Lipinski definition) is 1. The molecule has 0 radical (unpaired) electrons. The molecule has 0 saturated heterocycles. The summed E-state index contributed by atoms with van der Waals surface area (Å²) in [6, 6.07) is 3.54. The minimum absolute atomic E-state index is 0.0287. The summed E-state index contributed by atoms with van der Waals surface area (Å²) in [4.78, 5) is 15.7. The molecule has 2 aromatic heterocycles. The van der Waals surface area contributed by atoms with E-state index >= 15 is 0 Å². The standard InChI is InChI=1S/C10H10BrN3O/c1-6-13-10(11)8-4-7(9(15)5-12)2-3-14(6)8/h2-4H,5,12H2,1H3. The van der Waals surface area contributed by atoms with Crippen molar-refractivity contribution < 1.29 is 4.79 Å². The van der Waals surface area contributed by atoms with Gasteiger partial charge in [0.05, 0.1) is 12.1 Å². The molecule has 78 valence electrons. The molecule has 2 aromatic rings. The number of halogens is 1. The summed E-state index contributed by atoms with van der Waals surface area (Å²) in [5.41, 5.74) is 6.81. The van der Waals surface area contributed by atoms with Crippen LogP contribution in [0, 0.1) is 6.92 Å². The summed E-state index contributed by atoms with van der Waals surface area (Å²) in [7, 11) is 0. The molecule has 15 heavy (non-hydrogen) atoms. The summed E-state index contributed by atoms with van der Waals surface area (Å²) in [6.45, 7) is 1.93. The van der Waals surface area contributed by atoms with Crippen molar-refractivity contribution in [2.45, 2.75) is 6.92 Å². The van der Waals surface area contributed by atoms with E-state index in [0.29, 0.717) is 5.56 Å². The Bertz CT molecular complexity index is 533. The quantitative estimate of drug-likeness (QED) is 0.840. The predicted molar refractivity (Wildman–Crippen MR) is 61.0 cm³/mol. The minimum Gasteiger partial charge on any atom is -0.324 e. The number of aromatic nitrogens is 2. The second kappa shape index (κ2) is 3.75. The van der Waals surface area contributed by atoms with Crippen molar-refractivity contribution in [1.82, 2.24) is 9.38 Å². The van der Waals surface area contributed by atoms with Gasteiger partial charge in [0.2, 0.25) is 0 Å². The first-order valence-electron chi connectivity index (χ1n) is 4.51. The van der Waals surface area contributed by atoms with Crippen LogP contribution >= 0.6 is 15.9 Å². The number of aryl methyl sites for hydroxylation is 1. The Kier molecular flexibility index (Phi) is 2.58. The highest BCUT2D eigenvalue weighted by atomic mass is 79.9. The zero-order chi connectivity index (χ0) is 11.0. The highest BCUT2D eigenvalue weighted by Gasteiger charge is 2.09. The monoisotopic (exact) mass is 267 g/mol. The highest BCUT2D eigenvalue weighted by molar-refractivity contribution is 9.10. The van der Waals surface area contributed by atoms with Crippen LogP contribution in [0.25, 0.3) is 5.52 Å². The lowest BCUT2D eigenvalue weighted by Crippen LogP contribution is -2.13. The maximum Gasteiger partial charge on any atom is 0.176 e. The lowest BCUT2D eigenvalue weighted by atomic mass is 10.1. The lowest BCUT2D eigenvalue weighted by molar-refractivity contribution is 0.100. The van der Waals surface area contributed by atoms with E-state index in [0.717, 1.165) is 15.9 Å². The number of fused-ring (bicyclic) bond motifs is 1. The fraction of sp³-hybridized carbons (Fsp3) is 0.200. The number of pyridine rings is 1. The Morgan fingerprint density at radius 1 is 1.67 bits per heavy atom. The van der Waals surface area contributed by atoms with Gasteiger partial charge in [0.25, 0.3) is 0 Å². The first-order valence-corrected chi connectivity index (χ1v) is 5.30. The van der Waals surface area contributed by atoms with Crippen molar-refractivity contribution in [1.29, 1.82) is 0 Å². The van der Waals surface area contributed by atoms with Crippen molar-refractivity contribution in [3.63, 3.8) is 0 Å². The number of nitrogens with two attached hydrogens (primary N) is 1. The topological polar surface area (TPSA) is 60.4 Å². The van der Waals surface area contributed by atoms with E-state index in [1.807, 2.05) is 17.5 Å². The Balaban J connectivity index is 2.65. The van der Waals surface area contributed by atoms with E-state index in [-0.39, 0.29) is 12.3 Å². The van der Waals surface area contributed by atoms with Crippen molar-refractivity contribution >= 4 is 27.2 Å². The molecule has 0 unspecified atom stereocenters. The van der Waals surface area contributed by atoms with Gasteiger partial charge in [-0.2, -0.15) is 0 Å². The smallest absolute Gasteiger partial charge is 0.176 e. The molecule has 0 saturated carbocycles. The van der Waals surface area contributed by atoms with Gasteiger partial charge in [-0.15, -0.1) is 0 Å². The summed E-state index contributed by atoms with van der Waals surface area (Å²) in [5, 5.41) is 0. The molecule has 0 aliphatic heterocycles. The Hall–Kier alpha value is -1.20. The maximum absolute atomic E-state index is 11.4. The molecule has 2 heterocycles. The molecule has 0 fully saturated rings. The molecule has 5 heteroatoms.